The van der Waals surface area contributed by atoms with Crippen LogP contribution in [0.5, 0.6) is 0 Å². The number of urea groups is 1. The molecule has 0 spiro atoms. The number of carbonyl (C=O) groups is 1. The number of carbonyl (C=O) groups excluding carboxylic acids is 1. The lowest BCUT2D eigenvalue weighted by atomic mass is 9.96. The third-order valence-electron chi connectivity index (χ3n) is 6.61. The van der Waals surface area contributed by atoms with Crippen LogP contribution in [0.1, 0.15) is 69.7 Å². The van der Waals surface area contributed by atoms with E-state index in [0.717, 1.165) is 49.0 Å². The van der Waals surface area contributed by atoms with Crippen LogP contribution in [-0.4, -0.2) is 63.7 Å². The number of hydrogen-bond acceptors (Lipinski definition) is 4. The SMILES string of the molecule is Cn1c(SCC[NH+]2CCCC2)nnc1[C@@H]1CCCN1C(=O)NC1CCCCC1. The van der Waals surface area contributed by atoms with Gasteiger partial charge in [0, 0.05) is 32.5 Å². The van der Waals surface area contributed by atoms with Crippen LogP contribution in [0.15, 0.2) is 5.16 Å². The predicted octanol–water partition coefficient (Wildman–Crippen LogP) is 1.77. The summed E-state index contributed by atoms with van der Waals surface area (Å²) in [5.74, 6) is 2.02. The largest absolute Gasteiger partial charge is 0.335 e. The third kappa shape index (κ3) is 4.64. The number of rotatable bonds is 6. The average molecular weight is 408 g/mol. The normalized spacial score (nSPS) is 24.2. The second-order valence-electron chi connectivity index (χ2n) is 8.59. The first kappa shape index (κ1) is 20.0. The van der Waals surface area contributed by atoms with Gasteiger partial charge in [0.1, 0.15) is 0 Å². The van der Waals surface area contributed by atoms with Crippen molar-refractivity contribution in [2.75, 3.05) is 31.9 Å². The fourth-order valence-corrected chi connectivity index (χ4v) is 5.90. The van der Waals surface area contributed by atoms with Gasteiger partial charge in [0.25, 0.3) is 0 Å². The van der Waals surface area contributed by atoms with Crippen molar-refractivity contribution in [3.8, 4) is 0 Å². The summed E-state index contributed by atoms with van der Waals surface area (Å²) in [7, 11) is 2.05. The third-order valence-corrected chi connectivity index (χ3v) is 7.63. The molecule has 1 aromatic heterocycles. The molecule has 4 rings (SSSR count). The molecule has 0 aromatic carbocycles. The Hall–Kier alpha value is -1.28. The molecule has 7 nitrogen and oxygen atoms in total. The Bertz CT molecular complexity index is 653. The molecule has 8 heteroatoms. The van der Waals surface area contributed by atoms with Crippen LogP contribution < -0.4 is 10.2 Å². The summed E-state index contributed by atoms with van der Waals surface area (Å²) in [4.78, 5) is 16.6. The van der Waals surface area contributed by atoms with Gasteiger partial charge >= 0.3 is 6.03 Å². The summed E-state index contributed by atoms with van der Waals surface area (Å²) in [5.41, 5.74) is 0. The lowest BCUT2D eigenvalue weighted by Gasteiger charge is -2.29. The highest BCUT2D eigenvalue weighted by Crippen LogP contribution is 2.32. The molecule has 3 heterocycles. The van der Waals surface area contributed by atoms with Crippen molar-refractivity contribution in [2.45, 2.75) is 75.0 Å². The minimum absolute atomic E-state index is 0.0552. The molecule has 1 atom stereocenters. The number of quaternary nitrogens is 1. The van der Waals surface area contributed by atoms with Gasteiger partial charge in [-0.2, -0.15) is 0 Å². The summed E-state index contributed by atoms with van der Waals surface area (Å²) < 4.78 is 2.11. The lowest BCUT2D eigenvalue weighted by molar-refractivity contribution is -0.884. The maximum atomic E-state index is 12.9. The van der Waals surface area contributed by atoms with Gasteiger partial charge in [0.2, 0.25) is 0 Å². The van der Waals surface area contributed by atoms with E-state index in [-0.39, 0.29) is 12.1 Å². The standard InChI is InChI=1S/C20H34N6OS/c1-24-18(22-23-20(24)28-15-14-25-11-5-6-12-25)17-10-7-13-26(17)19(27)21-16-8-3-2-4-9-16/h16-17H,2-15H2,1H3,(H,21,27)/p+1/t17-/m0/s1. The minimum Gasteiger partial charge on any atom is -0.335 e. The number of likely N-dealkylation sites (tertiary alicyclic amines) is 2. The van der Waals surface area contributed by atoms with Crippen LogP contribution in [0.4, 0.5) is 4.79 Å². The molecule has 2 aliphatic heterocycles. The minimum atomic E-state index is 0.0552. The zero-order valence-electron chi connectivity index (χ0n) is 17.2. The topological polar surface area (TPSA) is 67.5 Å². The predicted molar refractivity (Wildman–Crippen MR) is 111 cm³/mol. The van der Waals surface area contributed by atoms with Crippen molar-refractivity contribution in [1.82, 2.24) is 25.0 Å². The van der Waals surface area contributed by atoms with Crippen LogP contribution in [-0.2, 0) is 7.05 Å². The van der Waals surface area contributed by atoms with Crippen LogP contribution in [0.3, 0.4) is 0 Å². The zero-order valence-corrected chi connectivity index (χ0v) is 18.0. The highest BCUT2D eigenvalue weighted by molar-refractivity contribution is 7.99. The molecule has 1 saturated carbocycles. The van der Waals surface area contributed by atoms with E-state index in [2.05, 4.69) is 27.1 Å². The van der Waals surface area contributed by atoms with Gasteiger partial charge in [0.15, 0.2) is 11.0 Å². The highest BCUT2D eigenvalue weighted by atomic mass is 32.2. The molecule has 3 fully saturated rings. The Kier molecular flexibility index (Phi) is 6.77. The first-order valence-corrected chi connectivity index (χ1v) is 12.1. The molecule has 156 valence electrons. The van der Waals surface area contributed by atoms with Crippen molar-refractivity contribution >= 4 is 17.8 Å². The smallest absolute Gasteiger partial charge is 0.318 e. The van der Waals surface area contributed by atoms with Gasteiger partial charge < -0.3 is 19.7 Å². The summed E-state index contributed by atoms with van der Waals surface area (Å²) >= 11 is 1.80. The van der Waals surface area contributed by atoms with Crippen molar-refractivity contribution in [3.05, 3.63) is 5.82 Å². The summed E-state index contributed by atoms with van der Waals surface area (Å²) in [6, 6.07) is 0.491. The Labute approximate surface area is 172 Å². The van der Waals surface area contributed by atoms with E-state index in [4.69, 9.17) is 0 Å². The number of thioether (sulfide) groups is 1. The van der Waals surface area contributed by atoms with E-state index >= 15 is 0 Å². The Morgan fingerprint density at radius 3 is 2.68 bits per heavy atom. The van der Waals surface area contributed by atoms with Crippen LogP contribution in [0.25, 0.3) is 0 Å². The molecule has 1 aromatic rings. The van der Waals surface area contributed by atoms with E-state index < -0.39 is 0 Å². The summed E-state index contributed by atoms with van der Waals surface area (Å²) in [6.07, 6.45) is 10.8. The molecule has 0 unspecified atom stereocenters. The number of hydrogen-bond donors (Lipinski definition) is 2. The molecule has 0 radical (unpaired) electrons. The number of aromatic nitrogens is 3. The monoisotopic (exact) mass is 407 g/mol. The number of amides is 2. The van der Waals surface area contributed by atoms with E-state index in [0.29, 0.717) is 6.04 Å². The van der Waals surface area contributed by atoms with E-state index in [1.54, 1.807) is 16.7 Å². The van der Waals surface area contributed by atoms with Crippen LogP contribution in [0, 0.1) is 0 Å². The molecule has 2 N–H and O–H groups in total. The van der Waals surface area contributed by atoms with Gasteiger partial charge in [-0.1, -0.05) is 31.0 Å². The molecule has 1 aliphatic carbocycles. The molecular weight excluding hydrogens is 372 g/mol. The fraction of sp³-hybridized carbons (Fsp3) is 0.850. The Balaban J connectivity index is 1.34. The van der Waals surface area contributed by atoms with Gasteiger partial charge in [-0.3, -0.25) is 0 Å². The van der Waals surface area contributed by atoms with E-state index in [1.807, 2.05) is 4.90 Å². The van der Waals surface area contributed by atoms with E-state index in [1.165, 1.54) is 51.7 Å². The molecule has 3 aliphatic rings. The zero-order chi connectivity index (χ0) is 19.3. The molecular formula is C20H35N6OS+. The van der Waals surface area contributed by atoms with Gasteiger partial charge in [-0.15, -0.1) is 10.2 Å². The second-order valence-corrected chi connectivity index (χ2v) is 9.65. The van der Waals surface area contributed by atoms with Gasteiger partial charge in [-0.05, 0) is 25.7 Å². The first-order chi connectivity index (χ1) is 13.7. The lowest BCUT2D eigenvalue weighted by Crippen LogP contribution is -3.10. The first-order valence-electron chi connectivity index (χ1n) is 11.1. The van der Waals surface area contributed by atoms with Crippen molar-refractivity contribution < 1.29 is 9.69 Å². The average Bonchev–Trinajstić information content (AvgIpc) is 3.45. The molecule has 2 amide bonds. The van der Waals surface area contributed by atoms with Crippen LogP contribution >= 0.6 is 11.8 Å². The molecule has 2 saturated heterocycles. The van der Waals surface area contributed by atoms with Crippen molar-refractivity contribution in [3.63, 3.8) is 0 Å². The maximum Gasteiger partial charge on any atom is 0.318 e. The van der Waals surface area contributed by atoms with Crippen molar-refractivity contribution in [2.24, 2.45) is 7.05 Å². The van der Waals surface area contributed by atoms with E-state index in [9.17, 15) is 4.79 Å². The second kappa shape index (κ2) is 9.48. The highest BCUT2D eigenvalue weighted by Gasteiger charge is 2.34. The Morgan fingerprint density at radius 2 is 1.89 bits per heavy atom. The molecule has 28 heavy (non-hydrogen) atoms. The number of nitrogens with zero attached hydrogens (tertiary/aromatic N) is 4. The van der Waals surface area contributed by atoms with Gasteiger partial charge in [0.05, 0.1) is 31.4 Å². The van der Waals surface area contributed by atoms with Crippen molar-refractivity contribution in [1.29, 1.82) is 0 Å². The Morgan fingerprint density at radius 1 is 1.11 bits per heavy atom. The summed E-state index contributed by atoms with van der Waals surface area (Å²) in [6.45, 7) is 4.65. The number of nitrogens with one attached hydrogen (secondary N) is 2. The molecule has 0 bridgehead atoms. The quantitative estimate of drug-likeness (QED) is 0.705. The fourth-order valence-electron chi connectivity index (χ4n) is 4.94. The summed E-state index contributed by atoms with van der Waals surface area (Å²) in [5, 5.41) is 13.2. The maximum absolute atomic E-state index is 12.9. The van der Waals surface area contributed by atoms with Crippen LogP contribution in [0.2, 0.25) is 0 Å². The van der Waals surface area contributed by atoms with Gasteiger partial charge in [-0.25, -0.2) is 4.79 Å².